The number of rotatable bonds is 3. The zero-order valence-corrected chi connectivity index (χ0v) is 13.0. The van der Waals surface area contributed by atoms with Gasteiger partial charge in [-0.05, 0) is 41.5 Å². The van der Waals surface area contributed by atoms with Gasteiger partial charge >= 0.3 is 0 Å². The zero-order valence-electron chi connectivity index (χ0n) is 12.2. The van der Waals surface area contributed by atoms with E-state index in [0.717, 1.165) is 27.6 Å². The van der Waals surface area contributed by atoms with E-state index >= 15 is 0 Å². The number of nitrogens with one attached hydrogen (secondary N) is 1. The predicted octanol–water partition coefficient (Wildman–Crippen LogP) is 4.71. The molecule has 0 radical (unpaired) electrons. The molecule has 0 saturated carbocycles. The highest BCUT2D eigenvalue weighted by molar-refractivity contribution is 7.98. The molecule has 2 aromatic carbocycles. The number of aryl methyl sites for hydroxylation is 1. The van der Waals surface area contributed by atoms with Crippen molar-refractivity contribution >= 4 is 33.6 Å². The van der Waals surface area contributed by atoms with Gasteiger partial charge in [-0.25, -0.2) is 4.98 Å². The minimum absolute atomic E-state index is 0.819. The third kappa shape index (κ3) is 2.35. The number of hydrogen-bond donors (Lipinski definition) is 1. The first-order valence-corrected chi connectivity index (χ1v) is 8.20. The van der Waals surface area contributed by atoms with Gasteiger partial charge in [-0.2, -0.15) is 0 Å². The van der Waals surface area contributed by atoms with E-state index in [1.54, 1.807) is 11.8 Å². The first-order chi connectivity index (χ1) is 10.8. The number of H-pyrrole nitrogens is 1. The lowest BCUT2D eigenvalue weighted by Crippen LogP contribution is -1.85. The molecule has 0 aliphatic heterocycles. The number of imidazole rings is 1. The molecule has 4 aromatic rings. The molecule has 0 spiro atoms. The number of hydrogen-bond acceptors (Lipinski definition) is 3. The maximum absolute atomic E-state index is 4.76. The smallest absolute Gasteiger partial charge is 0.166 e. The third-order valence-electron chi connectivity index (χ3n) is 3.81. The first-order valence-electron chi connectivity index (χ1n) is 7.22. The van der Waals surface area contributed by atoms with Crippen molar-refractivity contribution in [2.75, 3.05) is 0 Å². The van der Waals surface area contributed by atoms with Gasteiger partial charge in [0.2, 0.25) is 0 Å². The predicted molar refractivity (Wildman–Crippen MR) is 92.1 cm³/mol. The Morgan fingerprint density at radius 2 is 1.95 bits per heavy atom. The molecular formula is C18H15N3S. The molecule has 0 aliphatic carbocycles. The van der Waals surface area contributed by atoms with Gasteiger partial charge in [-0.15, -0.1) is 0 Å². The molecule has 0 unspecified atom stereocenters. The van der Waals surface area contributed by atoms with E-state index in [1.807, 2.05) is 24.4 Å². The summed E-state index contributed by atoms with van der Waals surface area (Å²) in [6, 6.07) is 16.6. The molecule has 4 rings (SSSR count). The molecule has 0 bridgehead atoms. The van der Waals surface area contributed by atoms with Crippen LogP contribution in [0.3, 0.4) is 0 Å². The summed E-state index contributed by atoms with van der Waals surface area (Å²) in [5.41, 5.74) is 4.45. The summed E-state index contributed by atoms with van der Waals surface area (Å²) in [4.78, 5) is 12.5. The summed E-state index contributed by atoms with van der Waals surface area (Å²) in [6.45, 7) is 2.14. The first kappa shape index (κ1) is 13.3. The van der Waals surface area contributed by atoms with E-state index in [1.165, 1.54) is 16.3 Å². The van der Waals surface area contributed by atoms with Gasteiger partial charge in [0.05, 0.1) is 16.7 Å². The lowest BCUT2D eigenvalue weighted by Gasteiger charge is -2.02. The summed E-state index contributed by atoms with van der Waals surface area (Å²) in [5, 5.41) is 3.46. The van der Waals surface area contributed by atoms with Crippen LogP contribution >= 0.6 is 11.8 Å². The van der Waals surface area contributed by atoms with Gasteiger partial charge in [-0.3, -0.25) is 4.98 Å². The minimum atomic E-state index is 0.819. The molecule has 4 heteroatoms. The molecule has 0 saturated heterocycles. The average molecular weight is 305 g/mol. The highest BCUT2D eigenvalue weighted by atomic mass is 32.2. The minimum Gasteiger partial charge on any atom is -0.333 e. The van der Waals surface area contributed by atoms with E-state index < -0.39 is 0 Å². The van der Waals surface area contributed by atoms with E-state index in [2.05, 4.69) is 47.2 Å². The number of aromatic nitrogens is 3. The van der Waals surface area contributed by atoms with E-state index in [-0.39, 0.29) is 0 Å². The Kier molecular flexibility index (Phi) is 3.31. The second kappa shape index (κ2) is 5.46. The van der Waals surface area contributed by atoms with Gasteiger partial charge in [-0.1, -0.05) is 42.1 Å². The Labute approximate surface area is 132 Å². The lowest BCUT2D eigenvalue weighted by molar-refractivity contribution is 1.07. The van der Waals surface area contributed by atoms with Gasteiger partial charge in [0.25, 0.3) is 0 Å². The quantitative estimate of drug-likeness (QED) is 0.557. The molecular weight excluding hydrogens is 290 g/mol. The molecule has 22 heavy (non-hydrogen) atoms. The number of benzene rings is 2. The largest absolute Gasteiger partial charge is 0.333 e. The Bertz CT molecular complexity index is 945. The average Bonchev–Trinajstić information content (AvgIpc) is 2.97. The lowest BCUT2D eigenvalue weighted by atomic mass is 10.0. The monoisotopic (exact) mass is 305 g/mol. The standard InChI is InChI=1S/C18H15N3S/c1-12-15-8-3-2-6-13(15)10-16-17(12)21-18(20-16)22-11-14-7-4-5-9-19-14/h2-10H,11H2,1H3,(H,20,21). The van der Waals surface area contributed by atoms with Crippen molar-refractivity contribution in [2.24, 2.45) is 0 Å². The van der Waals surface area contributed by atoms with Crippen LogP contribution in [0.15, 0.2) is 59.9 Å². The van der Waals surface area contributed by atoms with Crippen LogP contribution < -0.4 is 0 Å². The number of nitrogens with zero attached hydrogens (tertiary/aromatic N) is 2. The highest BCUT2D eigenvalue weighted by Crippen LogP contribution is 2.29. The van der Waals surface area contributed by atoms with Crippen molar-refractivity contribution in [1.82, 2.24) is 15.0 Å². The SMILES string of the molecule is Cc1c2ccccc2cc2[nH]c(SCc3ccccn3)nc12. The summed E-state index contributed by atoms with van der Waals surface area (Å²) >= 11 is 1.69. The second-order valence-corrected chi connectivity index (χ2v) is 6.23. The normalized spacial score (nSPS) is 11.3. The van der Waals surface area contributed by atoms with Gasteiger partial charge < -0.3 is 4.98 Å². The fourth-order valence-electron chi connectivity index (χ4n) is 2.70. The highest BCUT2D eigenvalue weighted by Gasteiger charge is 2.09. The Morgan fingerprint density at radius 1 is 1.09 bits per heavy atom. The molecule has 0 atom stereocenters. The second-order valence-electron chi connectivity index (χ2n) is 5.27. The van der Waals surface area contributed by atoms with E-state index in [9.17, 15) is 0 Å². The molecule has 0 aliphatic rings. The zero-order chi connectivity index (χ0) is 14.9. The Morgan fingerprint density at radius 3 is 2.82 bits per heavy atom. The van der Waals surface area contributed by atoms with Crippen LogP contribution in [0.25, 0.3) is 21.8 Å². The van der Waals surface area contributed by atoms with Crippen molar-refractivity contribution in [3.05, 3.63) is 66.0 Å². The molecule has 2 aromatic heterocycles. The van der Waals surface area contributed by atoms with Crippen LogP contribution in [-0.4, -0.2) is 15.0 Å². The molecule has 0 fully saturated rings. The molecule has 108 valence electrons. The van der Waals surface area contributed by atoms with Crippen molar-refractivity contribution < 1.29 is 0 Å². The Balaban J connectivity index is 1.71. The van der Waals surface area contributed by atoms with Crippen LogP contribution in [0.5, 0.6) is 0 Å². The van der Waals surface area contributed by atoms with Crippen molar-refractivity contribution in [2.45, 2.75) is 17.8 Å². The Hall–Kier alpha value is -2.33. The van der Waals surface area contributed by atoms with Crippen molar-refractivity contribution in [3.63, 3.8) is 0 Å². The number of thioether (sulfide) groups is 1. The third-order valence-corrected chi connectivity index (χ3v) is 4.72. The molecule has 0 amide bonds. The summed E-state index contributed by atoms with van der Waals surface area (Å²) in [5.74, 6) is 0.819. The van der Waals surface area contributed by atoms with Crippen LogP contribution in [0.4, 0.5) is 0 Å². The molecule has 2 heterocycles. The summed E-state index contributed by atoms with van der Waals surface area (Å²) < 4.78 is 0. The fourth-order valence-corrected chi connectivity index (χ4v) is 3.49. The topological polar surface area (TPSA) is 41.6 Å². The van der Waals surface area contributed by atoms with Crippen LogP contribution in [0, 0.1) is 6.92 Å². The molecule has 3 nitrogen and oxygen atoms in total. The van der Waals surface area contributed by atoms with Crippen molar-refractivity contribution in [3.8, 4) is 0 Å². The fraction of sp³-hybridized carbons (Fsp3) is 0.111. The van der Waals surface area contributed by atoms with Gasteiger partial charge in [0.1, 0.15) is 0 Å². The van der Waals surface area contributed by atoms with Crippen LogP contribution in [0.2, 0.25) is 0 Å². The van der Waals surface area contributed by atoms with Crippen LogP contribution in [0.1, 0.15) is 11.3 Å². The van der Waals surface area contributed by atoms with Crippen LogP contribution in [-0.2, 0) is 5.75 Å². The van der Waals surface area contributed by atoms with Gasteiger partial charge in [0, 0.05) is 11.9 Å². The number of fused-ring (bicyclic) bond motifs is 2. The maximum Gasteiger partial charge on any atom is 0.166 e. The van der Waals surface area contributed by atoms with E-state index in [4.69, 9.17) is 4.98 Å². The maximum atomic E-state index is 4.76. The van der Waals surface area contributed by atoms with E-state index in [0.29, 0.717) is 0 Å². The van der Waals surface area contributed by atoms with Gasteiger partial charge in [0.15, 0.2) is 5.16 Å². The summed E-state index contributed by atoms with van der Waals surface area (Å²) in [7, 11) is 0. The molecule has 1 N–H and O–H groups in total. The number of pyridine rings is 1. The summed E-state index contributed by atoms with van der Waals surface area (Å²) in [6.07, 6.45) is 1.82. The van der Waals surface area contributed by atoms with Crippen molar-refractivity contribution in [1.29, 1.82) is 0 Å². The number of aromatic amines is 1.